The smallest absolute Gasteiger partial charge is 0.231 e. The highest BCUT2D eigenvalue weighted by molar-refractivity contribution is 9.10. The number of benzene rings is 2. The monoisotopic (exact) mass is 330 g/mol. The lowest BCUT2D eigenvalue weighted by Gasteiger charge is -2.26. The fourth-order valence-corrected chi connectivity index (χ4v) is 2.69. The number of anilines is 2. The van der Waals surface area contributed by atoms with Crippen LogP contribution >= 0.6 is 15.9 Å². The molecule has 0 aromatic heterocycles. The van der Waals surface area contributed by atoms with E-state index in [4.69, 9.17) is 0 Å². The summed E-state index contributed by atoms with van der Waals surface area (Å²) in [4.78, 5) is 14.3. The number of fused-ring (bicyclic) bond motifs is 1. The summed E-state index contributed by atoms with van der Waals surface area (Å²) in [5, 5.41) is 3.39. The molecule has 3 nitrogen and oxygen atoms in total. The van der Waals surface area contributed by atoms with E-state index in [9.17, 15) is 4.79 Å². The first-order valence-electron chi connectivity index (χ1n) is 6.62. The number of nitrogens with one attached hydrogen (secondary N) is 1. The van der Waals surface area contributed by atoms with Crippen LogP contribution in [0.1, 0.15) is 5.56 Å². The van der Waals surface area contributed by atoms with E-state index in [1.54, 1.807) is 0 Å². The number of amides is 1. The van der Waals surface area contributed by atoms with Crippen LogP contribution in [0.3, 0.4) is 0 Å². The molecule has 1 N–H and O–H groups in total. The van der Waals surface area contributed by atoms with Gasteiger partial charge in [-0.05, 0) is 35.9 Å². The van der Waals surface area contributed by atoms with Gasteiger partial charge in [-0.25, -0.2) is 0 Å². The first kappa shape index (κ1) is 13.2. The number of carbonyl (C=O) groups excluding carboxylic acids is 1. The molecule has 0 saturated carbocycles. The zero-order valence-corrected chi connectivity index (χ0v) is 12.6. The highest BCUT2D eigenvalue weighted by atomic mass is 79.9. The third-order valence-electron chi connectivity index (χ3n) is 3.45. The second-order valence-electron chi connectivity index (χ2n) is 4.78. The van der Waals surface area contributed by atoms with Crippen LogP contribution in [0.15, 0.2) is 53.0 Å². The second-order valence-corrected chi connectivity index (χ2v) is 5.70. The molecule has 0 radical (unpaired) electrons. The lowest BCUT2D eigenvalue weighted by atomic mass is 10.1. The molecule has 20 heavy (non-hydrogen) atoms. The number of hydrogen-bond donors (Lipinski definition) is 1. The van der Waals surface area contributed by atoms with Crippen molar-refractivity contribution in [1.82, 2.24) is 0 Å². The van der Waals surface area contributed by atoms with E-state index in [1.165, 1.54) is 0 Å². The van der Waals surface area contributed by atoms with E-state index >= 15 is 0 Å². The molecule has 0 bridgehead atoms. The Hall–Kier alpha value is -1.81. The van der Waals surface area contributed by atoms with Gasteiger partial charge >= 0.3 is 0 Å². The summed E-state index contributed by atoms with van der Waals surface area (Å²) in [5.74, 6) is 0.140. The third kappa shape index (κ3) is 2.70. The van der Waals surface area contributed by atoms with Crippen molar-refractivity contribution >= 4 is 33.2 Å². The molecule has 0 fully saturated rings. The number of nitrogens with zero attached hydrogens (tertiary/aromatic N) is 1. The van der Waals surface area contributed by atoms with Crippen LogP contribution in [0.5, 0.6) is 0 Å². The van der Waals surface area contributed by atoms with Crippen LogP contribution in [0.25, 0.3) is 0 Å². The van der Waals surface area contributed by atoms with Crippen LogP contribution in [0.4, 0.5) is 11.4 Å². The first-order valence-corrected chi connectivity index (χ1v) is 7.41. The Kier molecular flexibility index (Phi) is 3.74. The van der Waals surface area contributed by atoms with Crippen LogP contribution in [0, 0.1) is 0 Å². The molecule has 0 spiro atoms. The Balaban J connectivity index is 1.88. The van der Waals surface area contributed by atoms with Gasteiger partial charge in [0.25, 0.3) is 0 Å². The Bertz CT molecular complexity index is 625. The molecule has 0 unspecified atom stereocenters. The summed E-state index contributed by atoms with van der Waals surface area (Å²) in [6, 6.07) is 15.9. The van der Waals surface area contributed by atoms with E-state index < -0.39 is 0 Å². The molecule has 0 saturated heterocycles. The van der Waals surface area contributed by atoms with Gasteiger partial charge in [-0.2, -0.15) is 0 Å². The van der Waals surface area contributed by atoms with Crippen molar-refractivity contribution in [3.05, 3.63) is 58.6 Å². The summed E-state index contributed by atoms with van der Waals surface area (Å²) in [7, 11) is 0. The Labute approximate surface area is 126 Å². The van der Waals surface area contributed by atoms with Crippen molar-refractivity contribution in [2.75, 3.05) is 23.3 Å². The Morgan fingerprint density at radius 2 is 1.80 bits per heavy atom. The maximum atomic E-state index is 12.5. The summed E-state index contributed by atoms with van der Waals surface area (Å²) >= 11 is 3.42. The second kappa shape index (κ2) is 5.67. The zero-order chi connectivity index (χ0) is 13.9. The van der Waals surface area contributed by atoms with Crippen LogP contribution < -0.4 is 10.2 Å². The molecule has 1 aliphatic rings. The van der Waals surface area contributed by atoms with Crippen molar-refractivity contribution in [1.29, 1.82) is 0 Å². The number of rotatable bonds is 1. The van der Waals surface area contributed by atoms with Crippen molar-refractivity contribution in [3.8, 4) is 0 Å². The Morgan fingerprint density at radius 3 is 2.60 bits per heavy atom. The number of halogens is 1. The van der Waals surface area contributed by atoms with Gasteiger partial charge in [0.1, 0.15) is 0 Å². The number of para-hydroxylation sites is 1. The van der Waals surface area contributed by atoms with E-state index in [-0.39, 0.29) is 5.91 Å². The SMILES string of the molecule is O=C1Cc2ccccc2NCCN1c1ccc(Br)cc1. The number of hydrogen-bond acceptors (Lipinski definition) is 2. The van der Waals surface area contributed by atoms with Crippen molar-refractivity contribution in [2.45, 2.75) is 6.42 Å². The summed E-state index contributed by atoms with van der Waals surface area (Å²) < 4.78 is 1.02. The average Bonchev–Trinajstić information content (AvgIpc) is 2.44. The van der Waals surface area contributed by atoms with E-state index in [2.05, 4.69) is 21.2 Å². The van der Waals surface area contributed by atoms with Crippen LogP contribution in [-0.2, 0) is 11.2 Å². The number of carbonyl (C=O) groups is 1. The molecule has 2 aromatic rings. The molecule has 2 aromatic carbocycles. The van der Waals surface area contributed by atoms with Crippen molar-refractivity contribution in [3.63, 3.8) is 0 Å². The van der Waals surface area contributed by atoms with Crippen molar-refractivity contribution < 1.29 is 4.79 Å². The average molecular weight is 331 g/mol. The molecular formula is C16H15BrN2O. The van der Waals surface area contributed by atoms with Gasteiger partial charge in [0.15, 0.2) is 0 Å². The minimum absolute atomic E-state index is 0.140. The largest absolute Gasteiger partial charge is 0.383 e. The lowest BCUT2D eigenvalue weighted by Crippen LogP contribution is -2.38. The summed E-state index contributed by atoms with van der Waals surface area (Å²) in [6.45, 7) is 1.42. The maximum Gasteiger partial charge on any atom is 0.231 e. The molecular weight excluding hydrogens is 316 g/mol. The first-order chi connectivity index (χ1) is 9.74. The zero-order valence-electron chi connectivity index (χ0n) is 11.0. The predicted molar refractivity (Wildman–Crippen MR) is 85.1 cm³/mol. The molecule has 4 heteroatoms. The van der Waals surface area contributed by atoms with Gasteiger partial charge in [0.05, 0.1) is 6.42 Å². The minimum Gasteiger partial charge on any atom is -0.383 e. The van der Waals surface area contributed by atoms with Gasteiger partial charge in [-0.15, -0.1) is 0 Å². The Morgan fingerprint density at radius 1 is 1.05 bits per heavy atom. The lowest BCUT2D eigenvalue weighted by molar-refractivity contribution is -0.118. The molecule has 1 aliphatic heterocycles. The fourth-order valence-electron chi connectivity index (χ4n) is 2.43. The van der Waals surface area contributed by atoms with Crippen LogP contribution in [0.2, 0.25) is 0 Å². The van der Waals surface area contributed by atoms with Gasteiger partial charge in [-0.1, -0.05) is 34.1 Å². The van der Waals surface area contributed by atoms with E-state index in [1.807, 2.05) is 53.4 Å². The predicted octanol–water partition coefficient (Wildman–Crippen LogP) is 3.45. The van der Waals surface area contributed by atoms with E-state index in [0.29, 0.717) is 13.0 Å². The van der Waals surface area contributed by atoms with Crippen molar-refractivity contribution in [2.24, 2.45) is 0 Å². The molecule has 0 aliphatic carbocycles. The summed E-state index contributed by atoms with van der Waals surface area (Å²) in [6.07, 6.45) is 0.430. The fraction of sp³-hybridized carbons (Fsp3) is 0.188. The van der Waals surface area contributed by atoms with Gasteiger partial charge in [-0.3, -0.25) is 4.79 Å². The van der Waals surface area contributed by atoms with Crippen LogP contribution in [-0.4, -0.2) is 19.0 Å². The molecule has 0 atom stereocenters. The normalized spacial score (nSPS) is 15.1. The van der Waals surface area contributed by atoms with Gasteiger partial charge in [0, 0.05) is 28.9 Å². The quantitative estimate of drug-likeness (QED) is 0.868. The van der Waals surface area contributed by atoms with Gasteiger partial charge in [0.2, 0.25) is 5.91 Å². The molecule has 1 heterocycles. The van der Waals surface area contributed by atoms with E-state index in [0.717, 1.165) is 28.0 Å². The summed E-state index contributed by atoms with van der Waals surface area (Å²) in [5.41, 5.74) is 3.06. The highest BCUT2D eigenvalue weighted by Crippen LogP contribution is 2.23. The molecule has 102 valence electrons. The topological polar surface area (TPSA) is 32.3 Å². The maximum absolute atomic E-state index is 12.5. The van der Waals surface area contributed by atoms with Gasteiger partial charge < -0.3 is 10.2 Å². The molecule has 3 rings (SSSR count). The standard InChI is InChI=1S/C16H15BrN2O/c17-13-5-7-14(8-6-13)19-10-9-18-15-4-2-1-3-12(15)11-16(19)20/h1-8,18H,9-11H2. The molecule has 1 amide bonds. The minimum atomic E-state index is 0.140. The third-order valence-corrected chi connectivity index (χ3v) is 3.98. The highest BCUT2D eigenvalue weighted by Gasteiger charge is 2.19.